The van der Waals surface area contributed by atoms with Crippen LogP contribution < -0.4 is 9.50 Å². The van der Waals surface area contributed by atoms with Crippen molar-refractivity contribution in [3.8, 4) is 5.75 Å². The largest absolute Gasteiger partial charge is 0.378 e. The predicted molar refractivity (Wildman–Crippen MR) is 103 cm³/mol. The van der Waals surface area contributed by atoms with E-state index in [4.69, 9.17) is 15.8 Å². The molecule has 0 spiro atoms. The van der Waals surface area contributed by atoms with Crippen LogP contribution in [0.15, 0.2) is 56.7 Å². The Hall–Kier alpha value is -1.81. The SMILES string of the molecule is O=C1NC(=O)/C(=C/c2ccc(OS(=O)(=O)c3ccc(Cl)cc3)c(Br)c2)S1. The van der Waals surface area contributed by atoms with E-state index in [9.17, 15) is 18.0 Å². The molecular weight excluding hydrogens is 466 g/mol. The van der Waals surface area contributed by atoms with Crippen LogP contribution in [-0.2, 0) is 14.9 Å². The first-order valence-corrected chi connectivity index (χ1v) is 10.4. The number of amides is 2. The van der Waals surface area contributed by atoms with Gasteiger partial charge in [-0.2, -0.15) is 8.42 Å². The van der Waals surface area contributed by atoms with E-state index in [1.165, 1.54) is 36.4 Å². The second-order valence-electron chi connectivity index (χ2n) is 5.03. The van der Waals surface area contributed by atoms with Gasteiger partial charge in [-0.15, -0.1) is 0 Å². The monoisotopic (exact) mass is 473 g/mol. The van der Waals surface area contributed by atoms with Crippen LogP contribution in [0.2, 0.25) is 5.02 Å². The van der Waals surface area contributed by atoms with Crippen LogP contribution in [0.4, 0.5) is 4.79 Å². The normalized spacial score (nSPS) is 16.0. The third-order valence-corrected chi connectivity index (χ3v) is 6.13. The van der Waals surface area contributed by atoms with Crippen molar-refractivity contribution in [1.82, 2.24) is 5.32 Å². The van der Waals surface area contributed by atoms with E-state index in [0.29, 0.717) is 15.1 Å². The maximum Gasteiger partial charge on any atom is 0.339 e. The maximum atomic E-state index is 12.3. The summed E-state index contributed by atoms with van der Waals surface area (Å²) in [6, 6.07) is 10.2. The van der Waals surface area contributed by atoms with Gasteiger partial charge >= 0.3 is 10.1 Å². The lowest BCUT2D eigenvalue weighted by molar-refractivity contribution is -0.115. The van der Waals surface area contributed by atoms with E-state index >= 15 is 0 Å². The number of rotatable bonds is 4. The summed E-state index contributed by atoms with van der Waals surface area (Å²) in [6.45, 7) is 0. The Bertz CT molecular complexity index is 1040. The summed E-state index contributed by atoms with van der Waals surface area (Å²) in [6.07, 6.45) is 1.52. The molecule has 1 N–H and O–H groups in total. The first kappa shape index (κ1) is 19.0. The minimum Gasteiger partial charge on any atom is -0.378 e. The Balaban J connectivity index is 1.84. The van der Waals surface area contributed by atoms with Crippen molar-refractivity contribution < 1.29 is 22.2 Å². The number of imide groups is 1. The molecule has 0 aromatic heterocycles. The first-order valence-electron chi connectivity index (χ1n) is 6.99. The fraction of sp³-hybridized carbons (Fsp3) is 0. The van der Waals surface area contributed by atoms with Crippen molar-refractivity contribution in [3.05, 3.63) is 62.4 Å². The second kappa shape index (κ2) is 7.43. The molecule has 10 heteroatoms. The average molecular weight is 475 g/mol. The molecule has 2 aromatic rings. The van der Waals surface area contributed by atoms with Crippen molar-refractivity contribution >= 4 is 66.6 Å². The summed E-state index contributed by atoms with van der Waals surface area (Å²) in [5.74, 6) is -0.386. The van der Waals surface area contributed by atoms with E-state index < -0.39 is 21.3 Å². The topological polar surface area (TPSA) is 89.5 Å². The van der Waals surface area contributed by atoms with Crippen LogP contribution in [0, 0.1) is 0 Å². The summed E-state index contributed by atoms with van der Waals surface area (Å²) in [5.41, 5.74) is 0.598. The van der Waals surface area contributed by atoms with Gasteiger partial charge in [-0.1, -0.05) is 17.7 Å². The number of carbonyl (C=O) groups excluding carboxylic acids is 2. The van der Waals surface area contributed by atoms with Gasteiger partial charge in [-0.05, 0) is 75.7 Å². The van der Waals surface area contributed by atoms with E-state index in [1.807, 2.05) is 0 Å². The molecule has 6 nitrogen and oxygen atoms in total. The molecule has 1 heterocycles. The molecule has 0 radical (unpaired) electrons. The van der Waals surface area contributed by atoms with E-state index in [2.05, 4.69) is 21.2 Å². The third kappa shape index (κ3) is 4.29. The number of thioether (sulfide) groups is 1. The Morgan fingerprint density at radius 1 is 1.12 bits per heavy atom. The highest BCUT2D eigenvalue weighted by Crippen LogP contribution is 2.31. The van der Waals surface area contributed by atoms with Crippen molar-refractivity contribution in [2.24, 2.45) is 0 Å². The highest BCUT2D eigenvalue weighted by molar-refractivity contribution is 9.10. The van der Waals surface area contributed by atoms with Gasteiger partial charge in [-0.25, -0.2) is 0 Å². The Kier molecular flexibility index (Phi) is 5.42. The van der Waals surface area contributed by atoms with Crippen molar-refractivity contribution in [1.29, 1.82) is 0 Å². The molecule has 3 rings (SSSR count). The molecule has 0 aliphatic carbocycles. The molecule has 0 bridgehead atoms. The minimum atomic E-state index is -4.02. The van der Waals surface area contributed by atoms with Gasteiger partial charge in [-0.3, -0.25) is 14.9 Å². The van der Waals surface area contributed by atoms with Crippen LogP contribution in [0.1, 0.15) is 5.56 Å². The molecule has 1 fully saturated rings. The summed E-state index contributed by atoms with van der Waals surface area (Å²) < 4.78 is 30.2. The van der Waals surface area contributed by atoms with E-state index in [1.54, 1.807) is 12.1 Å². The lowest BCUT2D eigenvalue weighted by Crippen LogP contribution is -2.17. The van der Waals surface area contributed by atoms with Crippen molar-refractivity contribution in [2.45, 2.75) is 4.90 Å². The van der Waals surface area contributed by atoms with Gasteiger partial charge in [0, 0.05) is 5.02 Å². The number of benzene rings is 2. The molecule has 1 aliphatic rings. The smallest absolute Gasteiger partial charge is 0.339 e. The van der Waals surface area contributed by atoms with Crippen LogP contribution in [0.25, 0.3) is 6.08 Å². The van der Waals surface area contributed by atoms with Crippen LogP contribution >= 0.6 is 39.3 Å². The fourth-order valence-electron chi connectivity index (χ4n) is 2.01. The molecule has 2 aromatic carbocycles. The molecule has 26 heavy (non-hydrogen) atoms. The predicted octanol–water partition coefficient (Wildman–Crippen LogP) is 4.19. The first-order chi connectivity index (χ1) is 12.2. The molecule has 1 saturated heterocycles. The Labute approximate surface area is 166 Å². The lowest BCUT2D eigenvalue weighted by Gasteiger charge is -2.09. The minimum absolute atomic E-state index is 0.0301. The van der Waals surface area contributed by atoms with E-state index in [-0.39, 0.29) is 15.6 Å². The zero-order chi connectivity index (χ0) is 18.9. The van der Waals surface area contributed by atoms with E-state index in [0.717, 1.165) is 11.8 Å². The van der Waals surface area contributed by atoms with Crippen LogP contribution in [0.5, 0.6) is 5.75 Å². The number of nitrogens with one attached hydrogen (secondary N) is 1. The molecule has 0 atom stereocenters. The van der Waals surface area contributed by atoms with Crippen LogP contribution in [0.3, 0.4) is 0 Å². The van der Waals surface area contributed by atoms with Crippen LogP contribution in [-0.4, -0.2) is 19.6 Å². The van der Waals surface area contributed by atoms with Crippen molar-refractivity contribution in [2.75, 3.05) is 0 Å². The zero-order valence-corrected chi connectivity index (χ0v) is 16.7. The third-order valence-electron chi connectivity index (χ3n) is 3.20. The molecule has 0 unspecified atom stereocenters. The zero-order valence-electron chi connectivity index (χ0n) is 12.7. The molecule has 1 aliphatic heterocycles. The highest BCUT2D eigenvalue weighted by Gasteiger charge is 2.25. The van der Waals surface area contributed by atoms with Gasteiger partial charge in [0.25, 0.3) is 11.1 Å². The number of hydrogen-bond acceptors (Lipinski definition) is 6. The molecule has 2 amide bonds. The maximum absolute atomic E-state index is 12.3. The summed E-state index contributed by atoms with van der Waals surface area (Å²) in [4.78, 5) is 23.0. The molecular formula is C16H9BrClNO5S2. The number of halogens is 2. The quantitative estimate of drug-likeness (QED) is 0.528. The van der Waals surface area contributed by atoms with Gasteiger partial charge < -0.3 is 4.18 Å². The number of hydrogen-bond donors (Lipinski definition) is 1. The van der Waals surface area contributed by atoms with Crippen molar-refractivity contribution in [3.63, 3.8) is 0 Å². The van der Waals surface area contributed by atoms with Gasteiger partial charge in [0.1, 0.15) is 4.90 Å². The summed E-state index contributed by atoms with van der Waals surface area (Å²) in [5, 5.41) is 2.13. The average Bonchev–Trinajstić information content (AvgIpc) is 2.88. The molecule has 134 valence electrons. The lowest BCUT2D eigenvalue weighted by atomic mass is 10.2. The van der Waals surface area contributed by atoms with Gasteiger partial charge in [0.15, 0.2) is 5.75 Å². The molecule has 0 saturated carbocycles. The second-order valence-corrected chi connectivity index (χ2v) is 8.89. The Morgan fingerprint density at radius 2 is 1.81 bits per heavy atom. The van der Waals surface area contributed by atoms with Gasteiger partial charge in [0.2, 0.25) is 0 Å². The standard InChI is InChI=1S/C16H9BrClNO5S2/c17-12-7-9(8-14-15(20)19-16(21)25-14)1-6-13(12)24-26(22,23)11-4-2-10(18)3-5-11/h1-8H,(H,19,20,21)/b14-8-. The Morgan fingerprint density at radius 3 is 2.38 bits per heavy atom. The fourth-order valence-corrected chi connectivity index (χ4v) is 4.35. The van der Waals surface area contributed by atoms with Gasteiger partial charge in [0.05, 0.1) is 9.38 Å². The number of carbonyl (C=O) groups is 2. The highest BCUT2D eigenvalue weighted by atomic mass is 79.9. The summed E-state index contributed by atoms with van der Waals surface area (Å²) in [7, 11) is -4.02. The summed E-state index contributed by atoms with van der Waals surface area (Å²) >= 11 is 9.80.